The van der Waals surface area contributed by atoms with E-state index >= 15 is 0 Å². The zero-order valence-corrected chi connectivity index (χ0v) is 41.8. The van der Waals surface area contributed by atoms with Crippen molar-refractivity contribution in [2.45, 2.75) is 92.5 Å². The van der Waals surface area contributed by atoms with Gasteiger partial charge in [0.2, 0.25) is 17.7 Å². The summed E-state index contributed by atoms with van der Waals surface area (Å²) in [6.45, 7) is 16.7. The molecule has 3 unspecified atom stereocenters. The van der Waals surface area contributed by atoms with Crippen LogP contribution in [0.1, 0.15) is 103 Å². The highest BCUT2D eigenvalue weighted by Gasteiger charge is 2.41. The van der Waals surface area contributed by atoms with E-state index in [1.807, 2.05) is 109 Å². The average Bonchev–Trinajstić information content (AvgIpc) is 4.11. The lowest BCUT2D eigenvalue weighted by Crippen LogP contribution is -2.62. The summed E-state index contributed by atoms with van der Waals surface area (Å²) in [5.74, 6) is 7.14. The molecule has 354 valence electrons. The van der Waals surface area contributed by atoms with Crippen molar-refractivity contribution in [1.29, 1.82) is 0 Å². The van der Waals surface area contributed by atoms with Gasteiger partial charge in [0.15, 0.2) is 5.82 Å². The minimum absolute atomic E-state index is 0.0510. The molecule has 2 N–H and O–H groups in total. The summed E-state index contributed by atoms with van der Waals surface area (Å²) in [5, 5.41) is 21.0. The number of carbonyl (C=O) groups is 3. The van der Waals surface area contributed by atoms with Crippen LogP contribution < -0.4 is 10.6 Å². The van der Waals surface area contributed by atoms with E-state index in [2.05, 4.69) is 54.2 Å². The van der Waals surface area contributed by atoms with Crippen LogP contribution in [0.4, 0.5) is 0 Å². The van der Waals surface area contributed by atoms with Crippen molar-refractivity contribution >= 4 is 57.7 Å². The number of rotatable bonds is 13. The number of benzene rings is 2. The van der Waals surface area contributed by atoms with E-state index in [1.165, 1.54) is 4.90 Å². The number of morpholine rings is 1. The number of thiophene rings is 1. The first kappa shape index (κ1) is 48.4. The first-order valence-corrected chi connectivity index (χ1v) is 24.6. The zero-order valence-electron chi connectivity index (χ0n) is 39.4. The minimum Gasteiger partial charge on any atom is -0.377 e. The van der Waals surface area contributed by atoms with Crippen LogP contribution in [0.25, 0.3) is 15.4 Å². The number of fused-ring (bicyclic) bond motifs is 3. The summed E-state index contributed by atoms with van der Waals surface area (Å²) in [6, 6.07) is 13.4. The molecule has 8 rings (SSSR count). The van der Waals surface area contributed by atoms with E-state index in [0.717, 1.165) is 71.2 Å². The van der Waals surface area contributed by atoms with Crippen molar-refractivity contribution in [2.75, 3.05) is 33.0 Å². The van der Waals surface area contributed by atoms with E-state index in [4.69, 9.17) is 26.1 Å². The number of aromatic nitrogens is 6. The summed E-state index contributed by atoms with van der Waals surface area (Å²) < 4.78 is 15.3. The van der Waals surface area contributed by atoms with Crippen LogP contribution in [0.2, 0.25) is 5.02 Å². The maximum absolute atomic E-state index is 14.2. The van der Waals surface area contributed by atoms with Gasteiger partial charge in [0.25, 0.3) is 0 Å². The Morgan fingerprint density at radius 3 is 2.49 bits per heavy atom. The van der Waals surface area contributed by atoms with E-state index in [1.54, 1.807) is 33.6 Å². The van der Waals surface area contributed by atoms with Crippen molar-refractivity contribution in [3.8, 4) is 27.3 Å². The fourth-order valence-corrected chi connectivity index (χ4v) is 10.4. The predicted molar refractivity (Wildman–Crippen MR) is 264 cm³/mol. The predicted octanol–water partition coefficient (Wildman–Crippen LogP) is 7.58. The molecule has 4 aromatic heterocycles. The normalized spacial score (nSPS) is 16.7. The van der Waals surface area contributed by atoms with Crippen molar-refractivity contribution < 1.29 is 23.9 Å². The largest absolute Gasteiger partial charge is 0.377 e. The molecule has 4 atom stereocenters. The van der Waals surface area contributed by atoms with Gasteiger partial charge in [0.1, 0.15) is 35.6 Å². The summed E-state index contributed by atoms with van der Waals surface area (Å²) in [4.78, 5) is 54.2. The zero-order chi connectivity index (χ0) is 48.3. The number of hydrogen-bond acceptors (Lipinski definition) is 12. The molecule has 2 aromatic carbocycles. The van der Waals surface area contributed by atoms with Gasteiger partial charge in [0.05, 0.1) is 57.7 Å². The molecule has 1 fully saturated rings. The molecule has 18 heteroatoms. The molecule has 0 aliphatic carbocycles. The summed E-state index contributed by atoms with van der Waals surface area (Å²) in [6.07, 6.45) is 4.21. The van der Waals surface area contributed by atoms with Gasteiger partial charge in [-0.15, -0.1) is 32.9 Å². The van der Waals surface area contributed by atoms with Gasteiger partial charge in [0, 0.05) is 42.0 Å². The number of nitrogens with one attached hydrogen (secondary N) is 2. The Morgan fingerprint density at radius 2 is 1.76 bits per heavy atom. The molecule has 0 spiro atoms. The number of amides is 3. The average molecular weight is 976 g/mol. The smallest absolute Gasteiger partial charge is 0.246 e. The lowest BCUT2D eigenvalue weighted by Gasteiger charge is -2.40. The van der Waals surface area contributed by atoms with Gasteiger partial charge in [-0.2, -0.15) is 5.10 Å². The van der Waals surface area contributed by atoms with Crippen molar-refractivity contribution in [2.24, 2.45) is 10.4 Å². The Hall–Kier alpha value is -6.03. The van der Waals surface area contributed by atoms with Crippen molar-refractivity contribution in [1.82, 2.24) is 45.1 Å². The highest BCUT2D eigenvalue weighted by atomic mass is 35.5. The molecule has 6 aromatic rings. The van der Waals surface area contributed by atoms with Gasteiger partial charge in [-0.3, -0.25) is 28.6 Å². The number of nitrogens with zero attached hydrogens (tertiary/aromatic N) is 8. The van der Waals surface area contributed by atoms with Gasteiger partial charge in [-0.25, -0.2) is 4.98 Å². The molecular weight excluding hydrogens is 920 g/mol. The Kier molecular flexibility index (Phi) is 14.7. The standard InChI is InChI=1S/C50H55ClN10O5S2/c1-29-40(68-49-42(29)43(36-15-17-38(51)18-16-36)54-32(4)46-58-57-33(5)61(46)49)19-10-34-24-53-59(25-34)20-9-22-65-27-41(62)56-45(50(6,7)8)48(64)60-21-23-66-26-39(60)47(63)55-30(2)35-11-13-37(14-12-35)44-31(3)52-28-67-44/h11-18,24-25,28,30,32,39,45H,9,20-23,26-27H2,1-8H3,(H,55,63)(H,56,62)/t30?,32-,39?,45?/m0/s1. The number of hydrogen-bond donors (Lipinski definition) is 2. The Balaban J connectivity index is 0.841. The second-order valence-electron chi connectivity index (χ2n) is 18.1. The van der Waals surface area contributed by atoms with Gasteiger partial charge in [-0.1, -0.05) is 80.6 Å². The molecule has 2 aliphatic rings. The van der Waals surface area contributed by atoms with Crippen LogP contribution in [-0.4, -0.2) is 103 Å². The van der Waals surface area contributed by atoms with E-state index in [-0.39, 0.29) is 50.3 Å². The Bertz CT molecular complexity index is 2900. The third-order valence-electron chi connectivity index (χ3n) is 12.0. The van der Waals surface area contributed by atoms with Crippen LogP contribution >= 0.6 is 34.3 Å². The third-order valence-corrected chi connectivity index (χ3v) is 14.4. The number of aliphatic imine (C=N–C) groups is 1. The van der Waals surface area contributed by atoms with E-state index in [9.17, 15) is 14.4 Å². The summed E-state index contributed by atoms with van der Waals surface area (Å²) in [7, 11) is 0. The summed E-state index contributed by atoms with van der Waals surface area (Å²) >= 11 is 9.42. The lowest BCUT2D eigenvalue weighted by atomic mass is 9.85. The Morgan fingerprint density at radius 1 is 1.01 bits per heavy atom. The van der Waals surface area contributed by atoms with Gasteiger partial charge in [-0.05, 0) is 75.3 Å². The first-order chi connectivity index (χ1) is 32.6. The quantitative estimate of drug-likeness (QED) is 0.0875. The molecule has 6 heterocycles. The van der Waals surface area contributed by atoms with Crippen LogP contribution in [0.15, 0.2) is 71.4 Å². The molecule has 2 aliphatic heterocycles. The maximum Gasteiger partial charge on any atom is 0.246 e. The second kappa shape index (κ2) is 20.7. The van der Waals surface area contributed by atoms with Crippen LogP contribution in [0.5, 0.6) is 0 Å². The molecule has 1 saturated heterocycles. The minimum atomic E-state index is -0.907. The Labute approximate surface area is 409 Å². The van der Waals surface area contributed by atoms with Crippen LogP contribution in [0.3, 0.4) is 0 Å². The highest BCUT2D eigenvalue weighted by Crippen LogP contribution is 2.39. The molecule has 0 radical (unpaired) electrons. The molecule has 68 heavy (non-hydrogen) atoms. The third kappa shape index (κ3) is 10.6. The molecule has 15 nitrogen and oxygen atoms in total. The number of aryl methyl sites for hydroxylation is 3. The number of carbonyl (C=O) groups excluding carboxylic acids is 3. The number of thiazole rings is 1. The molecule has 0 saturated carbocycles. The first-order valence-electron chi connectivity index (χ1n) is 22.6. The van der Waals surface area contributed by atoms with Crippen LogP contribution in [0, 0.1) is 38.0 Å². The fraction of sp³-hybridized carbons (Fsp3) is 0.400. The van der Waals surface area contributed by atoms with Crippen molar-refractivity contribution in [3.05, 3.63) is 121 Å². The van der Waals surface area contributed by atoms with E-state index in [0.29, 0.717) is 24.6 Å². The molecule has 0 bridgehead atoms. The maximum atomic E-state index is 14.2. The SMILES string of the molecule is Cc1ncsc1-c1ccc(C(C)NC(=O)C2COCCN2C(=O)C(NC(=O)COCCCn2cc(C#Cc3sc4c(c3C)C(c3ccc(Cl)cc3)=N[C@@H](C)c3nnc(C)n3-4)cn2)C(C)(C)C)cc1. The summed E-state index contributed by atoms with van der Waals surface area (Å²) in [5.41, 5.74) is 8.73. The number of ether oxygens (including phenoxy) is 2. The fourth-order valence-electron chi connectivity index (χ4n) is 8.27. The topological polar surface area (TPSA) is 171 Å². The van der Waals surface area contributed by atoms with Crippen molar-refractivity contribution in [3.63, 3.8) is 0 Å². The lowest BCUT2D eigenvalue weighted by molar-refractivity contribution is -0.153. The van der Waals surface area contributed by atoms with Gasteiger partial charge >= 0.3 is 0 Å². The monoisotopic (exact) mass is 974 g/mol. The molecular formula is C50H55ClN10O5S2. The van der Waals surface area contributed by atoms with E-state index < -0.39 is 23.4 Å². The second-order valence-corrected chi connectivity index (χ2v) is 20.4. The number of halogens is 1. The van der Waals surface area contributed by atoms with Crippen LogP contribution in [-0.2, 0) is 30.4 Å². The van der Waals surface area contributed by atoms with Gasteiger partial charge < -0.3 is 25.0 Å². The molecule has 3 amide bonds. The highest BCUT2D eigenvalue weighted by molar-refractivity contribution is 7.15.